The van der Waals surface area contributed by atoms with Crippen molar-refractivity contribution in [1.29, 1.82) is 0 Å². The molecule has 0 aliphatic carbocycles. The van der Waals surface area contributed by atoms with Crippen LogP contribution in [0.4, 0.5) is 5.69 Å². The summed E-state index contributed by atoms with van der Waals surface area (Å²) in [6.45, 7) is 0.686. The molecule has 2 amide bonds. The van der Waals surface area contributed by atoms with Crippen molar-refractivity contribution in [3.8, 4) is 5.75 Å². The number of amides is 2. The highest BCUT2D eigenvalue weighted by Gasteiger charge is 2.23. The summed E-state index contributed by atoms with van der Waals surface area (Å²) in [5.74, 6) is 0.421. The third kappa shape index (κ3) is 4.40. The number of ether oxygens (including phenoxy) is 1. The lowest BCUT2D eigenvalue weighted by Crippen LogP contribution is -2.44. The van der Waals surface area contributed by atoms with Crippen LogP contribution >= 0.6 is 0 Å². The van der Waals surface area contributed by atoms with Crippen molar-refractivity contribution in [3.05, 3.63) is 59.7 Å². The average Bonchev–Trinajstić information content (AvgIpc) is 2.66. The maximum absolute atomic E-state index is 12.5. The number of anilines is 1. The molecule has 2 N–H and O–H groups in total. The predicted octanol–water partition coefficient (Wildman–Crippen LogP) is 1.81. The Morgan fingerprint density at radius 2 is 1.81 bits per heavy atom. The Balaban J connectivity index is 1.54. The number of hydrogen-bond donors (Lipinski definition) is 2. The number of benzene rings is 2. The molecule has 1 atom stereocenters. The molecular formula is C20H23N3O3. The van der Waals surface area contributed by atoms with E-state index in [2.05, 4.69) is 22.8 Å². The second-order valence-corrected chi connectivity index (χ2v) is 6.50. The quantitative estimate of drug-likeness (QED) is 0.860. The van der Waals surface area contributed by atoms with E-state index in [1.807, 2.05) is 12.1 Å². The fourth-order valence-corrected chi connectivity index (χ4v) is 2.78. The van der Waals surface area contributed by atoms with Gasteiger partial charge in [0, 0.05) is 26.3 Å². The van der Waals surface area contributed by atoms with Crippen LogP contribution in [0.3, 0.4) is 0 Å². The summed E-state index contributed by atoms with van der Waals surface area (Å²) in [6.07, 6.45) is 0.676. The number of nitrogens with zero attached hydrogens (tertiary/aromatic N) is 1. The van der Waals surface area contributed by atoms with Gasteiger partial charge in [0.05, 0.1) is 6.04 Å². The summed E-state index contributed by atoms with van der Waals surface area (Å²) < 4.78 is 5.43. The van der Waals surface area contributed by atoms with Gasteiger partial charge in [0.25, 0.3) is 5.91 Å². The summed E-state index contributed by atoms with van der Waals surface area (Å²) in [4.78, 5) is 25.5. The maximum atomic E-state index is 12.5. The molecule has 3 rings (SSSR count). The highest BCUT2D eigenvalue weighted by atomic mass is 16.5. The van der Waals surface area contributed by atoms with E-state index in [1.54, 1.807) is 38.4 Å². The van der Waals surface area contributed by atoms with E-state index in [0.29, 0.717) is 24.4 Å². The SMILES string of the molecule is CN(C)C(=O)COc1ccc(NC(=O)C2Cc3ccccc3CN2)cc1. The Bertz CT molecular complexity index is 787. The molecule has 1 aliphatic heterocycles. The summed E-state index contributed by atoms with van der Waals surface area (Å²) in [5, 5.41) is 6.19. The van der Waals surface area contributed by atoms with E-state index in [0.717, 1.165) is 0 Å². The molecule has 6 heteroatoms. The molecule has 1 heterocycles. The van der Waals surface area contributed by atoms with Crippen molar-refractivity contribution in [2.24, 2.45) is 0 Å². The lowest BCUT2D eigenvalue weighted by Gasteiger charge is -2.25. The van der Waals surface area contributed by atoms with Gasteiger partial charge in [-0.3, -0.25) is 9.59 Å². The summed E-state index contributed by atoms with van der Waals surface area (Å²) in [6, 6.07) is 14.9. The second-order valence-electron chi connectivity index (χ2n) is 6.50. The van der Waals surface area contributed by atoms with Crippen LogP contribution in [0.15, 0.2) is 48.5 Å². The monoisotopic (exact) mass is 353 g/mol. The van der Waals surface area contributed by atoms with E-state index in [9.17, 15) is 9.59 Å². The van der Waals surface area contributed by atoms with Crippen LogP contribution in [0.25, 0.3) is 0 Å². The van der Waals surface area contributed by atoms with E-state index < -0.39 is 0 Å². The van der Waals surface area contributed by atoms with Gasteiger partial charge in [-0.2, -0.15) is 0 Å². The Morgan fingerprint density at radius 1 is 1.12 bits per heavy atom. The third-order valence-corrected chi connectivity index (χ3v) is 4.38. The topological polar surface area (TPSA) is 70.7 Å². The first-order valence-corrected chi connectivity index (χ1v) is 8.57. The van der Waals surface area contributed by atoms with Gasteiger partial charge in [-0.1, -0.05) is 24.3 Å². The lowest BCUT2D eigenvalue weighted by molar-refractivity contribution is -0.130. The van der Waals surface area contributed by atoms with Gasteiger partial charge in [-0.05, 0) is 41.8 Å². The smallest absolute Gasteiger partial charge is 0.259 e. The van der Waals surface area contributed by atoms with Crippen molar-refractivity contribution in [2.75, 3.05) is 26.0 Å². The number of carbonyl (C=O) groups is 2. The minimum absolute atomic E-state index is 0.00981. The summed E-state index contributed by atoms with van der Waals surface area (Å²) in [5.41, 5.74) is 3.15. The van der Waals surface area contributed by atoms with Gasteiger partial charge in [0.15, 0.2) is 6.61 Å². The van der Waals surface area contributed by atoms with Crippen LogP contribution in [-0.4, -0.2) is 43.5 Å². The zero-order valence-corrected chi connectivity index (χ0v) is 15.0. The fourth-order valence-electron chi connectivity index (χ4n) is 2.78. The summed E-state index contributed by atoms with van der Waals surface area (Å²) >= 11 is 0. The van der Waals surface area contributed by atoms with Crippen molar-refractivity contribution >= 4 is 17.5 Å². The van der Waals surface area contributed by atoms with E-state index in [4.69, 9.17) is 4.74 Å². The molecule has 0 fully saturated rings. The maximum Gasteiger partial charge on any atom is 0.259 e. The van der Waals surface area contributed by atoms with Crippen molar-refractivity contribution in [2.45, 2.75) is 19.0 Å². The minimum atomic E-state index is -0.251. The van der Waals surface area contributed by atoms with Crippen molar-refractivity contribution < 1.29 is 14.3 Å². The molecule has 0 spiro atoms. The zero-order valence-electron chi connectivity index (χ0n) is 15.0. The van der Waals surface area contributed by atoms with Gasteiger partial charge >= 0.3 is 0 Å². The standard InChI is InChI=1S/C20H23N3O3/c1-23(2)19(24)13-26-17-9-7-16(8-10-17)22-20(25)18-11-14-5-3-4-6-15(14)12-21-18/h3-10,18,21H,11-13H2,1-2H3,(H,22,25). The van der Waals surface area contributed by atoms with Crippen LogP contribution < -0.4 is 15.4 Å². The molecule has 136 valence electrons. The molecule has 0 radical (unpaired) electrons. The normalized spacial score (nSPS) is 15.7. The molecule has 6 nitrogen and oxygen atoms in total. The largest absolute Gasteiger partial charge is 0.484 e. The predicted molar refractivity (Wildman–Crippen MR) is 100 cm³/mol. The molecule has 2 aromatic rings. The first kappa shape index (κ1) is 17.9. The highest BCUT2D eigenvalue weighted by molar-refractivity contribution is 5.95. The first-order valence-electron chi connectivity index (χ1n) is 8.57. The number of hydrogen-bond acceptors (Lipinski definition) is 4. The number of carbonyl (C=O) groups excluding carboxylic acids is 2. The average molecular weight is 353 g/mol. The molecular weight excluding hydrogens is 330 g/mol. The van der Waals surface area contributed by atoms with Crippen molar-refractivity contribution in [1.82, 2.24) is 10.2 Å². The molecule has 1 unspecified atom stereocenters. The van der Waals surface area contributed by atoms with Gasteiger partial charge in [0.1, 0.15) is 5.75 Å². The fraction of sp³-hybridized carbons (Fsp3) is 0.300. The van der Waals surface area contributed by atoms with E-state index in [1.165, 1.54) is 16.0 Å². The molecule has 0 bridgehead atoms. The lowest BCUT2D eigenvalue weighted by atomic mass is 9.95. The van der Waals surface area contributed by atoms with Crippen LogP contribution in [0, 0.1) is 0 Å². The highest BCUT2D eigenvalue weighted by Crippen LogP contribution is 2.19. The molecule has 2 aromatic carbocycles. The van der Waals surface area contributed by atoms with E-state index in [-0.39, 0.29) is 24.5 Å². The Kier molecular flexibility index (Phi) is 5.53. The van der Waals surface area contributed by atoms with Crippen LogP contribution in [0.5, 0.6) is 5.75 Å². The minimum Gasteiger partial charge on any atom is -0.484 e. The first-order chi connectivity index (χ1) is 12.5. The Morgan fingerprint density at radius 3 is 2.50 bits per heavy atom. The molecule has 1 aliphatic rings. The van der Waals surface area contributed by atoms with Crippen LogP contribution in [0.2, 0.25) is 0 Å². The van der Waals surface area contributed by atoms with Crippen LogP contribution in [0.1, 0.15) is 11.1 Å². The van der Waals surface area contributed by atoms with Crippen molar-refractivity contribution in [3.63, 3.8) is 0 Å². The number of fused-ring (bicyclic) bond motifs is 1. The number of nitrogens with one attached hydrogen (secondary N) is 2. The van der Waals surface area contributed by atoms with E-state index >= 15 is 0 Å². The van der Waals surface area contributed by atoms with Gasteiger partial charge in [-0.25, -0.2) is 0 Å². The van der Waals surface area contributed by atoms with Gasteiger partial charge in [0.2, 0.25) is 5.91 Å². The summed E-state index contributed by atoms with van der Waals surface area (Å²) in [7, 11) is 3.37. The molecule has 0 saturated carbocycles. The number of rotatable bonds is 5. The van der Waals surface area contributed by atoms with Gasteiger partial charge in [-0.15, -0.1) is 0 Å². The molecule has 26 heavy (non-hydrogen) atoms. The molecule has 0 aromatic heterocycles. The third-order valence-electron chi connectivity index (χ3n) is 4.38. The Labute approximate surface area is 153 Å². The Hall–Kier alpha value is -2.86. The van der Waals surface area contributed by atoms with Gasteiger partial charge < -0.3 is 20.3 Å². The van der Waals surface area contributed by atoms with Crippen LogP contribution in [-0.2, 0) is 22.6 Å². The molecule has 0 saturated heterocycles. The second kappa shape index (κ2) is 8.01. The number of likely N-dealkylation sites (N-methyl/N-ethyl adjacent to an activating group) is 1. The zero-order chi connectivity index (χ0) is 18.5.